The first-order chi connectivity index (χ1) is 17.0. The molecule has 3 aromatic carbocycles. The van der Waals surface area contributed by atoms with Crippen LogP contribution in [0.4, 0.5) is 0 Å². The molecule has 0 amide bonds. The zero-order valence-corrected chi connectivity index (χ0v) is 20.6. The van der Waals surface area contributed by atoms with Gasteiger partial charge in [-0.2, -0.15) is 0 Å². The Kier molecular flexibility index (Phi) is 6.74. The molecule has 0 radical (unpaired) electrons. The third-order valence-electron chi connectivity index (χ3n) is 5.99. The molecule has 0 fully saturated rings. The highest BCUT2D eigenvalue weighted by atomic mass is 32.2. The Balaban J connectivity index is 1.37. The Morgan fingerprint density at radius 1 is 0.971 bits per heavy atom. The van der Waals surface area contributed by atoms with Gasteiger partial charge in [0.05, 0.1) is 17.0 Å². The van der Waals surface area contributed by atoms with Gasteiger partial charge < -0.3 is 9.84 Å². The molecule has 5 aromatic rings. The second-order valence-electron chi connectivity index (χ2n) is 9.03. The Morgan fingerprint density at radius 2 is 1.71 bits per heavy atom. The molecule has 0 saturated heterocycles. The van der Waals surface area contributed by atoms with Crippen molar-refractivity contribution in [2.75, 3.05) is 12.4 Å². The van der Waals surface area contributed by atoms with Gasteiger partial charge in [0.15, 0.2) is 5.16 Å². The summed E-state index contributed by atoms with van der Waals surface area (Å²) in [6, 6.07) is 21.4. The van der Waals surface area contributed by atoms with Gasteiger partial charge in [-0.1, -0.05) is 74.1 Å². The van der Waals surface area contributed by atoms with E-state index in [1.807, 2.05) is 71.1 Å². The number of hydrogen-bond acceptors (Lipinski definition) is 6. The molecule has 0 aliphatic rings. The van der Waals surface area contributed by atoms with Gasteiger partial charge >= 0.3 is 0 Å². The van der Waals surface area contributed by atoms with Gasteiger partial charge in [-0.05, 0) is 35.9 Å². The first-order valence-corrected chi connectivity index (χ1v) is 12.8. The van der Waals surface area contributed by atoms with E-state index in [0.717, 1.165) is 28.5 Å². The van der Waals surface area contributed by atoms with Crippen LogP contribution in [0.1, 0.15) is 20.3 Å². The van der Waals surface area contributed by atoms with Gasteiger partial charge in [-0.15, -0.1) is 10.2 Å². The molecule has 0 saturated carbocycles. The van der Waals surface area contributed by atoms with Crippen molar-refractivity contribution in [2.45, 2.75) is 38.1 Å². The highest BCUT2D eigenvalue weighted by Gasteiger charge is 2.18. The topological polar surface area (TPSA) is 81.7 Å². The average Bonchev–Trinajstić information content (AvgIpc) is 3.30. The maximum Gasteiger partial charge on any atom is 0.262 e. The predicted octanol–water partition coefficient (Wildman–Crippen LogP) is 4.78. The summed E-state index contributed by atoms with van der Waals surface area (Å²) < 4.78 is 9.57. The molecule has 8 heteroatoms. The van der Waals surface area contributed by atoms with E-state index in [1.54, 1.807) is 4.57 Å². The number of nitrogens with zero attached hydrogens (tertiary/aromatic N) is 4. The summed E-state index contributed by atoms with van der Waals surface area (Å²) in [4.78, 5) is 13.2. The summed E-state index contributed by atoms with van der Waals surface area (Å²) in [5.41, 5.74) is 0.712. The molecule has 2 aromatic heterocycles. The zero-order chi connectivity index (χ0) is 24.4. The molecule has 2 heterocycles. The summed E-state index contributed by atoms with van der Waals surface area (Å²) in [5.74, 6) is 2.12. The van der Waals surface area contributed by atoms with Gasteiger partial charge in [0.2, 0.25) is 5.78 Å². The largest absolute Gasteiger partial charge is 0.490 e. The fourth-order valence-corrected chi connectivity index (χ4v) is 4.99. The Labute approximate surface area is 207 Å². The number of thioether (sulfide) groups is 1. The lowest BCUT2D eigenvalue weighted by molar-refractivity contribution is 0.127. The normalized spacial score (nSPS) is 12.7. The Hall–Kier alpha value is -3.36. The van der Waals surface area contributed by atoms with Crippen LogP contribution in [0.5, 0.6) is 5.75 Å². The minimum Gasteiger partial charge on any atom is -0.490 e. The maximum atomic E-state index is 13.2. The average molecular weight is 489 g/mol. The van der Waals surface area contributed by atoms with Crippen LogP contribution in [0.2, 0.25) is 0 Å². The predicted molar refractivity (Wildman–Crippen MR) is 140 cm³/mol. The van der Waals surface area contributed by atoms with Crippen molar-refractivity contribution in [3.8, 4) is 5.75 Å². The third kappa shape index (κ3) is 4.76. The smallest absolute Gasteiger partial charge is 0.262 e. The fourth-order valence-electron chi connectivity index (χ4n) is 4.14. The van der Waals surface area contributed by atoms with Crippen LogP contribution in [0.3, 0.4) is 0 Å². The van der Waals surface area contributed by atoms with Crippen LogP contribution in [0.25, 0.3) is 27.5 Å². The number of aryl methyl sites for hydroxylation is 1. The lowest BCUT2D eigenvalue weighted by Gasteiger charge is -2.14. The van der Waals surface area contributed by atoms with Crippen molar-refractivity contribution in [1.29, 1.82) is 0 Å². The van der Waals surface area contributed by atoms with E-state index in [1.165, 1.54) is 11.8 Å². The van der Waals surface area contributed by atoms with Crippen LogP contribution in [0, 0.1) is 5.92 Å². The van der Waals surface area contributed by atoms with Gasteiger partial charge in [0.1, 0.15) is 12.4 Å². The number of fused-ring (bicyclic) bond motifs is 4. The highest BCUT2D eigenvalue weighted by Crippen LogP contribution is 2.26. The van der Waals surface area contributed by atoms with Crippen molar-refractivity contribution in [2.24, 2.45) is 5.92 Å². The maximum absolute atomic E-state index is 13.2. The molecule has 0 aliphatic carbocycles. The number of aliphatic hydroxyl groups is 1. The molecule has 0 aliphatic heterocycles. The summed E-state index contributed by atoms with van der Waals surface area (Å²) in [6.45, 7) is 5.01. The molecule has 0 bridgehead atoms. The van der Waals surface area contributed by atoms with Crippen LogP contribution in [0.15, 0.2) is 76.7 Å². The van der Waals surface area contributed by atoms with Crippen LogP contribution < -0.4 is 10.3 Å². The number of benzene rings is 3. The minimum atomic E-state index is -0.704. The quantitative estimate of drug-likeness (QED) is 0.301. The van der Waals surface area contributed by atoms with E-state index in [9.17, 15) is 9.90 Å². The van der Waals surface area contributed by atoms with E-state index < -0.39 is 6.10 Å². The minimum absolute atomic E-state index is 0.0544. The van der Waals surface area contributed by atoms with Crippen LogP contribution >= 0.6 is 11.8 Å². The Bertz CT molecular complexity index is 1540. The van der Waals surface area contributed by atoms with Gasteiger partial charge in [-0.25, -0.2) is 0 Å². The molecule has 5 rings (SSSR count). The number of aromatic nitrogens is 4. The third-order valence-corrected chi connectivity index (χ3v) is 7.07. The number of aliphatic hydroxyl groups excluding tert-OH is 1. The standard InChI is InChI=1S/C27H28N4O3S/c1-18(2)14-15-30-25(33)22-11-5-6-12-23(22)31-26(30)28-29-27(31)35-17-20(32)16-34-24-13-7-9-19-8-3-4-10-21(19)24/h3-13,18,20,32H,14-17H2,1-2H3. The first-order valence-electron chi connectivity index (χ1n) is 11.8. The molecular formula is C27H28N4O3S. The number of rotatable bonds is 9. The van der Waals surface area contributed by atoms with Gasteiger partial charge in [0, 0.05) is 17.7 Å². The molecule has 1 unspecified atom stereocenters. The zero-order valence-electron chi connectivity index (χ0n) is 19.8. The molecule has 180 valence electrons. The van der Waals surface area contributed by atoms with Crippen molar-refractivity contribution < 1.29 is 9.84 Å². The number of ether oxygens (including phenoxy) is 1. The molecule has 1 N–H and O–H groups in total. The van der Waals surface area contributed by atoms with E-state index >= 15 is 0 Å². The fraction of sp³-hybridized carbons (Fsp3) is 0.296. The summed E-state index contributed by atoms with van der Waals surface area (Å²) in [7, 11) is 0. The van der Waals surface area contributed by atoms with Gasteiger partial charge in [-0.3, -0.25) is 13.8 Å². The summed E-state index contributed by atoms with van der Waals surface area (Å²) >= 11 is 1.40. The molecule has 35 heavy (non-hydrogen) atoms. The highest BCUT2D eigenvalue weighted by molar-refractivity contribution is 7.99. The van der Waals surface area contributed by atoms with Crippen molar-refractivity contribution >= 4 is 39.2 Å². The second kappa shape index (κ2) is 10.1. The SMILES string of the molecule is CC(C)CCn1c(=O)c2ccccc2n2c(SCC(O)COc3cccc4ccccc34)nnc12. The molecular weight excluding hydrogens is 460 g/mol. The van der Waals surface area contributed by atoms with Crippen molar-refractivity contribution in [1.82, 2.24) is 19.2 Å². The lowest BCUT2D eigenvalue weighted by atomic mass is 10.1. The van der Waals surface area contributed by atoms with E-state index in [-0.39, 0.29) is 12.2 Å². The van der Waals surface area contributed by atoms with Crippen LogP contribution in [-0.2, 0) is 6.54 Å². The summed E-state index contributed by atoms with van der Waals surface area (Å²) in [5, 5.41) is 22.8. The first kappa shape index (κ1) is 23.4. The molecule has 1 atom stereocenters. The monoisotopic (exact) mass is 488 g/mol. The Morgan fingerprint density at radius 3 is 2.54 bits per heavy atom. The number of hydrogen-bond donors (Lipinski definition) is 1. The molecule has 0 spiro atoms. The lowest BCUT2D eigenvalue weighted by Crippen LogP contribution is -2.24. The van der Waals surface area contributed by atoms with Gasteiger partial charge in [0.25, 0.3) is 5.56 Å². The van der Waals surface area contributed by atoms with Crippen molar-refractivity contribution in [3.05, 3.63) is 77.1 Å². The summed E-state index contributed by atoms with van der Waals surface area (Å²) in [6.07, 6.45) is 0.164. The van der Waals surface area contributed by atoms with Crippen LogP contribution in [-0.4, -0.2) is 42.7 Å². The van der Waals surface area contributed by atoms with E-state index in [2.05, 4.69) is 24.0 Å². The molecule has 7 nitrogen and oxygen atoms in total. The van der Waals surface area contributed by atoms with E-state index in [4.69, 9.17) is 4.74 Å². The van der Waals surface area contributed by atoms with Crippen molar-refractivity contribution in [3.63, 3.8) is 0 Å². The second-order valence-corrected chi connectivity index (χ2v) is 10.0. The van der Waals surface area contributed by atoms with E-state index in [0.29, 0.717) is 34.5 Å². The number of para-hydroxylation sites is 1.